The van der Waals surface area contributed by atoms with Gasteiger partial charge in [-0.05, 0) is 43.0 Å². The maximum atomic E-state index is 4.73. The van der Waals surface area contributed by atoms with Gasteiger partial charge in [0.2, 0.25) is 0 Å². The van der Waals surface area contributed by atoms with Crippen molar-refractivity contribution in [1.82, 2.24) is 0 Å². The molecule has 0 atom stereocenters. The van der Waals surface area contributed by atoms with E-state index >= 15 is 0 Å². The summed E-state index contributed by atoms with van der Waals surface area (Å²) in [6, 6.07) is 21.0. The Morgan fingerprint density at radius 3 is 2.00 bits per heavy atom. The van der Waals surface area contributed by atoms with Crippen LogP contribution in [-0.2, 0) is 0 Å². The zero-order chi connectivity index (χ0) is 17.8. The predicted octanol–water partition coefficient (Wildman–Crippen LogP) is 6.83. The average molecular weight is 328 g/mol. The lowest BCUT2D eigenvalue weighted by Crippen LogP contribution is -1.88. The van der Waals surface area contributed by atoms with Gasteiger partial charge in [0.1, 0.15) is 0 Å². The van der Waals surface area contributed by atoms with Crippen LogP contribution in [0.1, 0.15) is 44.7 Å². The number of benzene rings is 3. The lowest BCUT2D eigenvalue weighted by molar-refractivity contribution is 0.866. The summed E-state index contributed by atoms with van der Waals surface area (Å²) >= 11 is 0. The molecule has 0 aliphatic rings. The van der Waals surface area contributed by atoms with Gasteiger partial charge in [-0.2, -0.15) is 0 Å². The highest BCUT2D eigenvalue weighted by Crippen LogP contribution is 2.32. The smallest absolute Gasteiger partial charge is 0.0709 e. The van der Waals surface area contributed by atoms with Gasteiger partial charge in [0, 0.05) is 22.7 Å². The van der Waals surface area contributed by atoms with Crippen molar-refractivity contribution < 1.29 is 0 Å². The highest BCUT2D eigenvalue weighted by molar-refractivity contribution is 6.02. The summed E-state index contributed by atoms with van der Waals surface area (Å²) in [6.07, 6.45) is 1.93. The number of hydrogen-bond acceptors (Lipinski definition) is 2. The van der Waals surface area contributed by atoms with Gasteiger partial charge in [-0.1, -0.05) is 62.4 Å². The standard InChI is InChI=1S/C23H24N2/c1-16(2)19-13-11-18(12-14-19)15-24-22-9-5-8-21-20(22)7-6-10-23(21)25-17(3)4/h5-16H,1-4H3. The van der Waals surface area contributed by atoms with Crippen molar-refractivity contribution in [2.75, 3.05) is 0 Å². The van der Waals surface area contributed by atoms with E-state index in [2.05, 4.69) is 55.2 Å². The fourth-order valence-corrected chi connectivity index (χ4v) is 2.84. The van der Waals surface area contributed by atoms with Crippen molar-refractivity contribution in [1.29, 1.82) is 0 Å². The van der Waals surface area contributed by atoms with Crippen molar-refractivity contribution in [2.24, 2.45) is 9.98 Å². The Balaban J connectivity index is 1.97. The molecule has 126 valence electrons. The summed E-state index contributed by atoms with van der Waals surface area (Å²) < 4.78 is 0. The largest absolute Gasteiger partial charge is 0.258 e. The van der Waals surface area contributed by atoms with Crippen LogP contribution in [0, 0.1) is 0 Å². The molecule has 3 rings (SSSR count). The molecule has 0 aliphatic carbocycles. The van der Waals surface area contributed by atoms with Gasteiger partial charge in [0.15, 0.2) is 0 Å². The number of hydrogen-bond donors (Lipinski definition) is 0. The Bertz CT molecular complexity index is 928. The van der Waals surface area contributed by atoms with Gasteiger partial charge in [-0.15, -0.1) is 0 Å². The molecule has 0 bridgehead atoms. The fraction of sp³-hybridized carbons (Fsp3) is 0.217. The molecule has 0 saturated heterocycles. The van der Waals surface area contributed by atoms with Crippen molar-refractivity contribution in [3.05, 3.63) is 71.8 Å². The van der Waals surface area contributed by atoms with Crippen molar-refractivity contribution >= 4 is 34.1 Å². The first kappa shape index (κ1) is 17.1. The van der Waals surface area contributed by atoms with Gasteiger partial charge in [0.05, 0.1) is 11.4 Å². The minimum absolute atomic E-state index is 0.546. The van der Waals surface area contributed by atoms with Gasteiger partial charge < -0.3 is 0 Å². The van der Waals surface area contributed by atoms with E-state index in [1.165, 1.54) is 5.56 Å². The maximum Gasteiger partial charge on any atom is 0.0709 e. The zero-order valence-corrected chi connectivity index (χ0v) is 15.3. The van der Waals surface area contributed by atoms with Crippen molar-refractivity contribution in [3.63, 3.8) is 0 Å². The summed E-state index contributed by atoms with van der Waals surface area (Å²) in [4.78, 5) is 9.36. The molecule has 3 aromatic rings. The summed E-state index contributed by atoms with van der Waals surface area (Å²) in [6.45, 7) is 8.44. The molecule has 0 amide bonds. The minimum Gasteiger partial charge on any atom is -0.258 e. The van der Waals surface area contributed by atoms with Gasteiger partial charge >= 0.3 is 0 Å². The average Bonchev–Trinajstić information content (AvgIpc) is 2.60. The monoisotopic (exact) mass is 328 g/mol. The van der Waals surface area contributed by atoms with Crippen LogP contribution in [0.15, 0.2) is 70.6 Å². The van der Waals surface area contributed by atoms with Crippen LogP contribution in [-0.4, -0.2) is 11.9 Å². The van der Waals surface area contributed by atoms with Gasteiger partial charge in [-0.25, -0.2) is 0 Å². The zero-order valence-electron chi connectivity index (χ0n) is 15.3. The van der Waals surface area contributed by atoms with Crippen LogP contribution in [0.4, 0.5) is 11.4 Å². The van der Waals surface area contributed by atoms with E-state index in [1.807, 2.05) is 44.3 Å². The van der Waals surface area contributed by atoms with Crippen molar-refractivity contribution in [2.45, 2.75) is 33.6 Å². The SMILES string of the molecule is CC(C)=Nc1cccc2c(N=Cc3ccc(C(C)C)cc3)cccc12. The van der Waals surface area contributed by atoms with E-state index in [1.54, 1.807) is 0 Å². The summed E-state index contributed by atoms with van der Waals surface area (Å²) in [7, 11) is 0. The number of fused-ring (bicyclic) bond motifs is 1. The summed E-state index contributed by atoms with van der Waals surface area (Å²) in [5.74, 6) is 0.546. The molecule has 0 aromatic heterocycles. The van der Waals surface area contributed by atoms with Gasteiger partial charge in [0.25, 0.3) is 0 Å². The summed E-state index contributed by atoms with van der Waals surface area (Å²) in [5, 5.41) is 2.26. The van der Waals surface area contributed by atoms with Gasteiger partial charge in [-0.3, -0.25) is 9.98 Å². The second-order valence-corrected chi connectivity index (χ2v) is 6.79. The van der Waals surface area contributed by atoms with Crippen molar-refractivity contribution in [3.8, 4) is 0 Å². The molecule has 0 spiro atoms. The Morgan fingerprint density at radius 2 is 1.40 bits per heavy atom. The number of aliphatic imine (C=N–C) groups is 2. The number of nitrogens with zero attached hydrogens (tertiary/aromatic N) is 2. The van der Waals surface area contributed by atoms with Crippen LogP contribution in [0.3, 0.4) is 0 Å². The first-order valence-corrected chi connectivity index (χ1v) is 8.72. The molecule has 3 aromatic carbocycles. The topological polar surface area (TPSA) is 24.7 Å². The lowest BCUT2D eigenvalue weighted by Gasteiger charge is -2.06. The quantitative estimate of drug-likeness (QED) is 0.469. The molecular weight excluding hydrogens is 304 g/mol. The summed E-state index contributed by atoms with van der Waals surface area (Å²) in [5.41, 5.74) is 5.47. The molecule has 0 aliphatic heterocycles. The second kappa shape index (κ2) is 7.43. The highest BCUT2D eigenvalue weighted by Gasteiger charge is 2.03. The Hall–Kier alpha value is -2.74. The Morgan fingerprint density at radius 1 is 0.800 bits per heavy atom. The molecule has 2 heteroatoms. The third-order valence-corrected chi connectivity index (χ3v) is 4.18. The highest BCUT2D eigenvalue weighted by atomic mass is 14.7. The molecule has 0 fully saturated rings. The first-order chi connectivity index (χ1) is 12.0. The Labute approximate surface area is 150 Å². The fourth-order valence-electron chi connectivity index (χ4n) is 2.84. The number of rotatable bonds is 4. The molecular formula is C23H24N2. The van der Waals surface area contributed by atoms with E-state index in [0.717, 1.165) is 33.4 Å². The van der Waals surface area contributed by atoms with Crippen LogP contribution >= 0.6 is 0 Å². The van der Waals surface area contributed by atoms with E-state index in [0.29, 0.717) is 5.92 Å². The van der Waals surface area contributed by atoms with E-state index < -0.39 is 0 Å². The van der Waals surface area contributed by atoms with E-state index in [9.17, 15) is 0 Å². The predicted molar refractivity (Wildman–Crippen MR) is 110 cm³/mol. The van der Waals surface area contributed by atoms with Crippen LogP contribution in [0.2, 0.25) is 0 Å². The maximum absolute atomic E-state index is 4.73. The van der Waals surface area contributed by atoms with Crippen LogP contribution in [0.5, 0.6) is 0 Å². The normalized spacial score (nSPS) is 11.4. The van der Waals surface area contributed by atoms with Crippen LogP contribution < -0.4 is 0 Å². The molecule has 0 saturated carbocycles. The second-order valence-electron chi connectivity index (χ2n) is 6.79. The Kier molecular flexibility index (Phi) is 5.08. The molecule has 0 N–H and O–H groups in total. The van der Waals surface area contributed by atoms with E-state index in [4.69, 9.17) is 4.99 Å². The minimum atomic E-state index is 0.546. The lowest BCUT2D eigenvalue weighted by atomic mass is 10.0. The first-order valence-electron chi connectivity index (χ1n) is 8.72. The third-order valence-electron chi connectivity index (χ3n) is 4.18. The molecule has 0 unspecified atom stereocenters. The van der Waals surface area contributed by atoms with Crippen LogP contribution in [0.25, 0.3) is 10.8 Å². The molecule has 2 nitrogen and oxygen atoms in total. The molecule has 0 radical (unpaired) electrons. The van der Waals surface area contributed by atoms with E-state index in [-0.39, 0.29) is 0 Å². The third kappa shape index (κ3) is 4.03. The molecule has 25 heavy (non-hydrogen) atoms. The molecule has 0 heterocycles.